The number of hydrogen-bond acceptors (Lipinski definition) is 7. The first-order valence-electron chi connectivity index (χ1n) is 6.16. The summed E-state index contributed by atoms with van der Waals surface area (Å²) in [5.74, 6) is 0.993. The van der Waals surface area contributed by atoms with Gasteiger partial charge in [0.1, 0.15) is 5.75 Å². The second-order valence-electron chi connectivity index (χ2n) is 4.06. The van der Waals surface area contributed by atoms with Crippen molar-refractivity contribution in [2.45, 2.75) is 5.16 Å². The predicted molar refractivity (Wildman–Crippen MR) is 79.8 cm³/mol. The highest BCUT2D eigenvalue weighted by molar-refractivity contribution is 7.99. The van der Waals surface area contributed by atoms with E-state index in [2.05, 4.69) is 15.2 Å². The number of nitrogens with zero attached hydrogens (tertiary/aromatic N) is 2. The minimum Gasteiger partial charge on any atom is -0.496 e. The first kappa shape index (κ1) is 16.0. The zero-order chi connectivity index (χ0) is 16.1. The Kier molecular flexibility index (Phi) is 5.10. The number of carbonyl (C=O) groups is 1. The number of aromatic amines is 1. The number of carboxylic acids is 1. The molecule has 1 aromatic carbocycles. The van der Waals surface area contributed by atoms with E-state index in [0.29, 0.717) is 33.8 Å². The Bertz CT molecular complexity index is 674. The molecule has 0 aliphatic heterocycles. The van der Waals surface area contributed by atoms with E-state index in [1.54, 1.807) is 12.1 Å². The Hall–Kier alpha value is -2.42. The molecule has 0 amide bonds. The topological polar surface area (TPSA) is 107 Å². The second kappa shape index (κ2) is 7.03. The van der Waals surface area contributed by atoms with Gasteiger partial charge in [0.15, 0.2) is 17.3 Å². The first-order chi connectivity index (χ1) is 10.6. The number of carboxylic acid groups (broad SMARTS) is 1. The van der Waals surface area contributed by atoms with Crippen LogP contribution in [0.1, 0.15) is 0 Å². The van der Waals surface area contributed by atoms with Gasteiger partial charge in [0.25, 0.3) is 0 Å². The maximum absolute atomic E-state index is 10.6. The number of rotatable bonds is 7. The SMILES string of the molecule is COc1cc(OC)c(-c2nc(SCC(=O)O)n[nH]2)cc1OC. The lowest BCUT2D eigenvalue weighted by Gasteiger charge is -2.12. The van der Waals surface area contributed by atoms with E-state index in [9.17, 15) is 4.79 Å². The normalized spacial score (nSPS) is 10.3. The zero-order valence-corrected chi connectivity index (χ0v) is 13.1. The molecule has 0 radical (unpaired) electrons. The van der Waals surface area contributed by atoms with Gasteiger partial charge in [-0.3, -0.25) is 9.89 Å². The fraction of sp³-hybridized carbons (Fsp3) is 0.308. The Morgan fingerprint density at radius 1 is 1.18 bits per heavy atom. The maximum Gasteiger partial charge on any atom is 0.313 e. The van der Waals surface area contributed by atoms with Crippen LogP contribution in [0.4, 0.5) is 0 Å². The van der Waals surface area contributed by atoms with E-state index in [0.717, 1.165) is 11.8 Å². The Balaban J connectivity index is 2.36. The van der Waals surface area contributed by atoms with Crippen molar-refractivity contribution in [3.8, 4) is 28.6 Å². The number of ether oxygens (including phenoxy) is 3. The molecule has 0 saturated heterocycles. The van der Waals surface area contributed by atoms with Crippen molar-refractivity contribution in [3.05, 3.63) is 12.1 Å². The quantitative estimate of drug-likeness (QED) is 0.740. The molecule has 2 N–H and O–H groups in total. The maximum atomic E-state index is 10.6. The number of H-pyrrole nitrogens is 1. The summed E-state index contributed by atoms with van der Waals surface area (Å²) in [4.78, 5) is 14.8. The molecule has 0 spiro atoms. The minimum absolute atomic E-state index is 0.111. The highest BCUT2D eigenvalue weighted by Crippen LogP contribution is 2.39. The largest absolute Gasteiger partial charge is 0.496 e. The molecule has 22 heavy (non-hydrogen) atoms. The summed E-state index contributed by atoms with van der Waals surface area (Å²) in [6.07, 6.45) is 0. The number of methoxy groups -OCH3 is 3. The molecule has 0 saturated carbocycles. The summed E-state index contributed by atoms with van der Waals surface area (Å²) >= 11 is 1.03. The molecule has 0 bridgehead atoms. The second-order valence-corrected chi connectivity index (χ2v) is 5.00. The number of nitrogens with one attached hydrogen (secondary N) is 1. The lowest BCUT2D eigenvalue weighted by molar-refractivity contribution is -0.133. The molecule has 0 atom stereocenters. The molecule has 0 aliphatic rings. The molecule has 118 valence electrons. The lowest BCUT2D eigenvalue weighted by atomic mass is 10.1. The van der Waals surface area contributed by atoms with E-state index in [-0.39, 0.29) is 5.75 Å². The molecule has 8 nitrogen and oxygen atoms in total. The van der Waals surface area contributed by atoms with Crippen molar-refractivity contribution in [2.75, 3.05) is 27.1 Å². The third kappa shape index (κ3) is 3.42. The van der Waals surface area contributed by atoms with Gasteiger partial charge in [0.2, 0.25) is 5.16 Å². The van der Waals surface area contributed by atoms with Gasteiger partial charge in [-0.15, -0.1) is 5.10 Å². The summed E-state index contributed by atoms with van der Waals surface area (Å²) in [5.41, 5.74) is 0.634. The molecule has 1 aromatic heterocycles. The van der Waals surface area contributed by atoms with E-state index < -0.39 is 5.97 Å². The number of thioether (sulfide) groups is 1. The van der Waals surface area contributed by atoms with Gasteiger partial charge >= 0.3 is 5.97 Å². The number of benzene rings is 1. The van der Waals surface area contributed by atoms with Gasteiger partial charge in [-0.25, -0.2) is 4.98 Å². The monoisotopic (exact) mass is 325 g/mol. The van der Waals surface area contributed by atoms with E-state index >= 15 is 0 Å². The van der Waals surface area contributed by atoms with E-state index in [1.165, 1.54) is 21.3 Å². The average Bonchev–Trinajstić information content (AvgIpc) is 3.00. The van der Waals surface area contributed by atoms with Gasteiger partial charge in [-0.05, 0) is 6.07 Å². The van der Waals surface area contributed by atoms with Crippen molar-refractivity contribution >= 4 is 17.7 Å². The van der Waals surface area contributed by atoms with Gasteiger partial charge in [0.05, 0.1) is 32.6 Å². The van der Waals surface area contributed by atoms with E-state index in [1.807, 2.05) is 0 Å². The number of aromatic nitrogens is 3. The fourth-order valence-corrected chi connectivity index (χ4v) is 2.29. The molecule has 0 unspecified atom stereocenters. The predicted octanol–water partition coefficient (Wildman–Crippen LogP) is 1.67. The summed E-state index contributed by atoms with van der Waals surface area (Å²) in [6.45, 7) is 0. The van der Waals surface area contributed by atoms with Gasteiger partial charge in [-0.1, -0.05) is 11.8 Å². The Morgan fingerprint density at radius 2 is 1.82 bits per heavy atom. The molecule has 9 heteroatoms. The molecule has 1 heterocycles. The van der Waals surface area contributed by atoms with Crippen LogP contribution in [0.2, 0.25) is 0 Å². The van der Waals surface area contributed by atoms with Gasteiger partial charge < -0.3 is 19.3 Å². The summed E-state index contributed by atoms with van der Waals surface area (Å²) in [5, 5.41) is 15.7. The van der Waals surface area contributed by atoms with Gasteiger partial charge in [0, 0.05) is 6.07 Å². The van der Waals surface area contributed by atoms with Crippen molar-refractivity contribution in [3.63, 3.8) is 0 Å². The number of aliphatic carboxylic acids is 1. The highest BCUT2D eigenvalue weighted by atomic mass is 32.2. The molecule has 0 aliphatic carbocycles. The number of hydrogen-bond donors (Lipinski definition) is 2. The summed E-state index contributed by atoms with van der Waals surface area (Å²) < 4.78 is 15.8. The van der Waals surface area contributed by atoms with Crippen LogP contribution in [0, 0.1) is 0 Å². The zero-order valence-electron chi connectivity index (χ0n) is 12.2. The Morgan fingerprint density at radius 3 is 2.41 bits per heavy atom. The minimum atomic E-state index is -0.931. The van der Waals surface area contributed by atoms with Crippen LogP contribution in [-0.2, 0) is 4.79 Å². The van der Waals surface area contributed by atoms with Crippen molar-refractivity contribution in [1.82, 2.24) is 15.2 Å². The first-order valence-corrected chi connectivity index (χ1v) is 7.15. The van der Waals surface area contributed by atoms with Crippen LogP contribution >= 0.6 is 11.8 Å². The third-order valence-electron chi connectivity index (χ3n) is 2.75. The van der Waals surface area contributed by atoms with Crippen LogP contribution in [0.25, 0.3) is 11.4 Å². The van der Waals surface area contributed by atoms with Crippen LogP contribution in [0.3, 0.4) is 0 Å². The molecule has 2 aromatic rings. The molecular formula is C13H15N3O5S. The average molecular weight is 325 g/mol. The van der Waals surface area contributed by atoms with Crippen molar-refractivity contribution in [2.24, 2.45) is 0 Å². The molecule has 0 fully saturated rings. The van der Waals surface area contributed by atoms with E-state index in [4.69, 9.17) is 19.3 Å². The van der Waals surface area contributed by atoms with Gasteiger partial charge in [-0.2, -0.15) is 0 Å². The van der Waals surface area contributed by atoms with Crippen molar-refractivity contribution < 1.29 is 24.1 Å². The van der Waals surface area contributed by atoms with Crippen LogP contribution in [0.5, 0.6) is 17.2 Å². The fourth-order valence-electron chi connectivity index (χ4n) is 1.77. The third-order valence-corrected chi connectivity index (χ3v) is 3.58. The summed E-state index contributed by atoms with van der Waals surface area (Å²) in [7, 11) is 4.59. The van der Waals surface area contributed by atoms with Crippen molar-refractivity contribution in [1.29, 1.82) is 0 Å². The Labute approximate surface area is 130 Å². The molecule has 2 rings (SSSR count). The summed E-state index contributed by atoms with van der Waals surface area (Å²) in [6, 6.07) is 3.39. The van der Waals surface area contributed by atoms with Crippen LogP contribution < -0.4 is 14.2 Å². The van der Waals surface area contributed by atoms with Crippen LogP contribution in [0.15, 0.2) is 17.3 Å². The standard InChI is InChI=1S/C13H15N3O5S/c1-19-8-5-10(21-3)9(20-2)4-7(8)12-14-13(16-15-12)22-6-11(17)18/h4-5H,6H2,1-3H3,(H,17,18)(H,14,15,16). The van der Waals surface area contributed by atoms with Crippen LogP contribution in [-0.4, -0.2) is 53.3 Å². The smallest absolute Gasteiger partial charge is 0.313 e. The molecular weight excluding hydrogens is 310 g/mol. The lowest BCUT2D eigenvalue weighted by Crippen LogP contribution is -1.97. The highest BCUT2D eigenvalue weighted by Gasteiger charge is 2.17.